The van der Waals surface area contributed by atoms with Crippen molar-refractivity contribution in [3.63, 3.8) is 0 Å². The van der Waals surface area contributed by atoms with Gasteiger partial charge in [0.25, 0.3) is 0 Å². The van der Waals surface area contributed by atoms with Crippen molar-refractivity contribution >= 4 is 5.84 Å². The van der Waals surface area contributed by atoms with Crippen LogP contribution in [0.25, 0.3) is 0 Å². The van der Waals surface area contributed by atoms with E-state index in [-0.39, 0.29) is 5.84 Å². The van der Waals surface area contributed by atoms with E-state index in [4.69, 9.17) is 10.9 Å². The number of hydrogen-bond donors (Lipinski definition) is 2. The number of hydrogen-bond acceptors (Lipinski definition) is 3. The van der Waals surface area contributed by atoms with Crippen LogP contribution >= 0.6 is 0 Å². The molecular weight excluding hydrogens is 250 g/mol. The van der Waals surface area contributed by atoms with Gasteiger partial charge in [-0.3, -0.25) is 4.90 Å². The van der Waals surface area contributed by atoms with Crippen LogP contribution in [-0.2, 0) is 6.54 Å². The number of piperidine rings is 1. The molecule has 1 saturated heterocycles. The number of amidine groups is 1. The first kappa shape index (κ1) is 14.9. The average molecular weight is 275 g/mol. The predicted molar refractivity (Wildman–Crippen MR) is 81.8 cm³/mol. The second kappa shape index (κ2) is 6.75. The zero-order valence-corrected chi connectivity index (χ0v) is 12.4. The second-order valence-electron chi connectivity index (χ2n) is 6.00. The minimum atomic E-state index is 0.192. The van der Waals surface area contributed by atoms with Gasteiger partial charge in [0, 0.05) is 12.1 Å². The van der Waals surface area contributed by atoms with Gasteiger partial charge in [0.15, 0.2) is 5.84 Å². The molecule has 4 heteroatoms. The Morgan fingerprint density at radius 1 is 1.35 bits per heavy atom. The summed E-state index contributed by atoms with van der Waals surface area (Å²) in [5.74, 6) is 1.82. The molecule has 0 spiro atoms. The Bertz CT molecular complexity index is 463. The lowest BCUT2D eigenvalue weighted by atomic mass is 9.86. The summed E-state index contributed by atoms with van der Waals surface area (Å²) in [4.78, 5) is 2.46. The highest BCUT2D eigenvalue weighted by Crippen LogP contribution is 2.25. The summed E-state index contributed by atoms with van der Waals surface area (Å²) < 4.78 is 0. The van der Waals surface area contributed by atoms with E-state index in [2.05, 4.69) is 30.0 Å². The number of benzene rings is 1. The first-order valence-corrected chi connectivity index (χ1v) is 7.40. The fraction of sp³-hybridized carbons (Fsp3) is 0.562. The molecule has 0 saturated carbocycles. The van der Waals surface area contributed by atoms with Gasteiger partial charge in [0.05, 0.1) is 0 Å². The van der Waals surface area contributed by atoms with E-state index in [0.29, 0.717) is 0 Å². The second-order valence-corrected chi connectivity index (χ2v) is 6.00. The van der Waals surface area contributed by atoms with Crippen molar-refractivity contribution in [3.05, 3.63) is 35.4 Å². The van der Waals surface area contributed by atoms with Gasteiger partial charge in [0.1, 0.15) is 0 Å². The third-order valence-electron chi connectivity index (χ3n) is 4.37. The van der Waals surface area contributed by atoms with Crippen molar-refractivity contribution in [1.82, 2.24) is 4.90 Å². The van der Waals surface area contributed by atoms with Crippen molar-refractivity contribution in [3.8, 4) is 0 Å². The third-order valence-corrected chi connectivity index (χ3v) is 4.37. The average Bonchev–Trinajstić information content (AvgIpc) is 2.47. The van der Waals surface area contributed by atoms with Gasteiger partial charge in [-0.2, -0.15) is 0 Å². The molecule has 1 heterocycles. The molecule has 3 N–H and O–H groups in total. The van der Waals surface area contributed by atoms with Crippen LogP contribution in [0.15, 0.2) is 29.4 Å². The Kier molecular flexibility index (Phi) is 5.01. The van der Waals surface area contributed by atoms with Gasteiger partial charge in [-0.1, -0.05) is 43.3 Å². The van der Waals surface area contributed by atoms with Crippen molar-refractivity contribution in [2.45, 2.75) is 33.2 Å². The van der Waals surface area contributed by atoms with E-state index in [9.17, 15) is 0 Å². The molecule has 20 heavy (non-hydrogen) atoms. The summed E-state index contributed by atoms with van der Waals surface area (Å²) >= 11 is 0. The molecule has 0 radical (unpaired) electrons. The molecule has 0 aromatic heterocycles. The van der Waals surface area contributed by atoms with Crippen LogP contribution in [0.5, 0.6) is 0 Å². The highest BCUT2D eigenvalue weighted by atomic mass is 16.4. The molecule has 0 atom stereocenters. The van der Waals surface area contributed by atoms with Gasteiger partial charge in [-0.15, -0.1) is 0 Å². The first-order valence-electron chi connectivity index (χ1n) is 7.40. The Hall–Kier alpha value is -1.55. The molecule has 0 unspecified atom stereocenters. The zero-order valence-electron chi connectivity index (χ0n) is 12.4. The molecule has 0 aliphatic carbocycles. The third kappa shape index (κ3) is 3.51. The summed E-state index contributed by atoms with van der Waals surface area (Å²) in [5, 5.41) is 12.0. The minimum absolute atomic E-state index is 0.192. The SMILES string of the molecule is CC(C)C1CCN(Cc2ccccc2/C(N)=N/O)CC1. The molecule has 1 aromatic carbocycles. The van der Waals surface area contributed by atoms with Crippen molar-refractivity contribution < 1.29 is 5.21 Å². The van der Waals surface area contributed by atoms with Gasteiger partial charge in [0.2, 0.25) is 0 Å². The van der Waals surface area contributed by atoms with E-state index in [0.717, 1.165) is 42.6 Å². The summed E-state index contributed by atoms with van der Waals surface area (Å²) in [6, 6.07) is 7.89. The molecule has 4 nitrogen and oxygen atoms in total. The Balaban J connectivity index is 2.01. The number of oxime groups is 1. The van der Waals surface area contributed by atoms with Gasteiger partial charge < -0.3 is 10.9 Å². The molecule has 0 bridgehead atoms. The van der Waals surface area contributed by atoms with E-state index in [1.54, 1.807) is 0 Å². The highest BCUT2D eigenvalue weighted by molar-refractivity contribution is 5.98. The van der Waals surface area contributed by atoms with Gasteiger partial charge >= 0.3 is 0 Å². The summed E-state index contributed by atoms with van der Waals surface area (Å²) in [6.07, 6.45) is 2.53. The first-order chi connectivity index (χ1) is 9.61. The highest BCUT2D eigenvalue weighted by Gasteiger charge is 2.22. The molecule has 1 fully saturated rings. The Morgan fingerprint density at radius 2 is 2.00 bits per heavy atom. The normalized spacial score (nSPS) is 18.6. The molecule has 0 amide bonds. The van der Waals surface area contributed by atoms with Crippen molar-refractivity contribution in [1.29, 1.82) is 0 Å². The smallest absolute Gasteiger partial charge is 0.170 e. The Labute approximate surface area is 121 Å². The summed E-state index contributed by atoms with van der Waals surface area (Å²) in [7, 11) is 0. The van der Waals surface area contributed by atoms with Crippen LogP contribution in [0.1, 0.15) is 37.8 Å². The van der Waals surface area contributed by atoms with E-state index < -0.39 is 0 Å². The van der Waals surface area contributed by atoms with Crippen LogP contribution in [0.3, 0.4) is 0 Å². The molecule has 1 aliphatic heterocycles. The van der Waals surface area contributed by atoms with E-state index in [1.165, 1.54) is 12.8 Å². The molecule has 2 rings (SSSR count). The summed E-state index contributed by atoms with van der Waals surface area (Å²) in [6.45, 7) is 7.76. The zero-order chi connectivity index (χ0) is 14.5. The van der Waals surface area contributed by atoms with Crippen LogP contribution in [0.2, 0.25) is 0 Å². The van der Waals surface area contributed by atoms with E-state index in [1.807, 2.05) is 18.2 Å². The Morgan fingerprint density at radius 3 is 2.60 bits per heavy atom. The van der Waals surface area contributed by atoms with Gasteiger partial charge in [-0.25, -0.2) is 0 Å². The standard InChI is InChI=1S/C16H25N3O/c1-12(2)13-7-9-19(10-8-13)11-14-5-3-4-6-15(14)16(17)18-20/h3-6,12-13,20H,7-11H2,1-2H3,(H2,17,18). The topological polar surface area (TPSA) is 61.8 Å². The van der Waals surface area contributed by atoms with Crippen LogP contribution < -0.4 is 5.73 Å². The fourth-order valence-corrected chi connectivity index (χ4v) is 2.98. The fourth-order valence-electron chi connectivity index (χ4n) is 2.98. The lowest BCUT2D eigenvalue weighted by Gasteiger charge is -2.34. The van der Waals surface area contributed by atoms with Crippen molar-refractivity contribution in [2.24, 2.45) is 22.7 Å². The maximum atomic E-state index is 8.86. The quantitative estimate of drug-likeness (QED) is 0.384. The van der Waals surface area contributed by atoms with Crippen LogP contribution in [-0.4, -0.2) is 29.0 Å². The largest absolute Gasteiger partial charge is 0.409 e. The number of nitrogens with two attached hydrogens (primary N) is 1. The minimum Gasteiger partial charge on any atom is -0.409 e. The monoisotopic (exact) mass is 275 g/mol. The van der Waals surface area contributed by atoms with Crippen LogP contribution in [0.4, 0.5) is 0 Å². The molecule has 110 valence electrons. The molecular formula is C16H25N3O. The molecule has 1 aromatic rings. The van der Waals surface area contributed by atoms with Gasteiger partial charge in [-0.05, 0) is 43.3 Å². The predicted octanol–water partition coefficient (Wildman–Crippen LogP) is 2.65. The molecule has 1 aliphatic rings. The number of likely N-dealkylation sites (tertiary alicyclic amines) is 1. The summed E-state index contributed by atoms with van der Waals surface area (Å²) in [5.41, 5.74) is 7.71. The lowest BCUT2D eigenvalue weighted by molar-refractivity contribution is 0.152. The maximum Gasteiger partial charge on any atom is 0.170 e. The number of nitrogens with zero attached hydrogens (tertiary/aromatic N) is 2. The lowest BCUT2D eigenvalue weighted by Crippen LogP contribution is -2.35. The van der Waals surface area contributed by atoms with Crippen LogP contribution in [0, 0.1) is 11.8 Å². The van der Waals surface area contributed by atoms with Crippen molar-refractivity contribution in [2.75, 3.05) is 13.1 Å². The maximum absolute atomic E-state index is 8.86. The number of rotatable bonds is 4. The van der Waals surface area contributed by atoms with E-state index >= 15 is 0 Å².